The molecular formula is C27H18FN3O2. The number of pyridine rings is 3. The van der Waals surface area contributed by atoms with E-state index in [1.165, 1.54) is 6.07 Å². The summed E-state index contributed by atoms with van der Waals surface area (Å²) < 4.78 is 25.9. The highest BCUT2D eigenvalue weighted by atomic mass is 19.1. The van der Waals surface area contributed by atoms with Crippen LogP contribution in [0, 0.1) is 5.82 Å². The van der Waals surface area contributed by atoms with Crippen molar-refractivity contribution >= 4 is 11.0 Å². The molecule has 0 radical (unpaired) electrons. The number of hydrogen-bond donors (Lipinski definition) is 0. The van der Waals surface area contributed by atoms with E-state index in [1.807, 2.05) is 42.6 Å². The molecule has 1 aliphatic rings. The largest absolute Gasteiger partial charge is 0.486 e. The predicted octanol–water partition coefficient (Wildman–Crippen LogP) is 5.94. The second-order valence-electron chi connectivity index (χ2n) is 7.73. The van der Waals surface area contributed by atoms with Gasteiger partial charge in [0.2, 0.25) is 0 Å². The molecule has 33 heavy (non-hydrogen) atoms. The summed E-state index contributed by atoms with van der Waals surface area (Å²) in [5.74, 6) is 1.15. The number of rotatable bonds is 3. The van der Waals surface area contributed by atoms with E-state index in [0.717, 1.165) is 39.1 Å². The lowest BCUT2D eigenvalue weighted by molar-refractivity contribution is 0.171. The van der Waals surface area contributed by atoms with Gasteiger partial charge in [0, 0.05) is 40.7 Å². The van der Waals surface area contributed by atoms with Crippen molar-refractivity contribution in [2.45, 2.75) is 0 Å². The van der Waals surface area contributed by atoms with Crippen LogP contribution >= 0.6 is 0 Å². The molecule has 4 heterocycles. The Morgan fingerprint density at radius 2 is 1.58 bits per heavy atom. The lowest BCUT2D eigenvalue weighted by Crippen LogP contribution is -2.15. The molecule has 2 aromatic carbocycles. The predicted molar refractivity (Wildman–Crippen MR) is 125 cm³/mol. The molecule has 160 valence electrons. The van der Waals surface area contributed by atoms with Gasteiger partial charge in [-0.1, -0.05) is 18.2 Å². The van der Waals surface area contributed by atoms with Crippen LogP contribution in [0.4, 0.5) is 4.39 Å². The molecule has 5 nitrogen and oxygen atoms in total. The standard InChI is InChI=1S/C27H18FN3O2/c28-23-6-2-1-4-21(23)24-14-22(20-5-3-9-30-27(20)31-24)19-12-18(15-29-16-19)17-7-8-25-26(13-17)33-11-10-32-25/h1-9,12-16H,10-11H2. The van der Waals surface area contributed by atoms with Crippen molar-refractivity contribution in [2.75, 3.05) is 13.2 Å². The van der Waals surface area contributed by atoms with E-state index in [4.69, 9.17) is 9.47 Å². The summed E-state index contributed by atoms with van der Waals surface area (Å²) in [6.07, 6.45) is 5.30. The van der Waals surface area contributed by atoms with E-state index in [1.54, 1.807) is 30.6 Å². The maximum Gasteiger partial charge on any atom is 0.161 e. The second-order valence-corrected chi connectivity index (χ2v) is 7.73. The zero-order valence-corrected chi connectivity index (χ0v) is 17.5. The normalized spacial score (nSPS) is 12.6. The van der Waals surface area contributed by atoms with E-state index in [9.17, 15) is 4.39 Å². The molecule has 1 aliphatic heterocycles. The molecule has 0 fully saturated rings. The summed E-state index contributed by atoms with van der Waals surface area (Å²) in [5, 5.41) is 0.874. The number of hydrogen-bond acceptors (Lipinski definition) is 5. The minimum atomic E-state index is -0.325. The monoisotopic (exact) mass is 435 g/mol. The Bertz CT molecular complexity index is 1500. The molecule has 0 aliphatic carbocycles. The molecule has 6 heteroatoms. The molecule has 0 N–H and O–H groups in total. The number of fused-ring (bicyclic) bond motifs is 2. The van der Waals surface area contributed by atoms with Crippen molar-refractivity contribution in [3.63, 3.8) is 0 Å². The molecule has 0 amide bonds. The maximum absolute atomic E-state index is 14.5. The summed E-state index contributed by atoms with van der Waals surface area (Å²) in [7, 11) is 0. The first-order valence-corrected chi connectivity index (χ1v) is 10.6. The van der Waals surface area contributed by atoms with Crippen LogP contribution in [0.25, 0.3) is 44.5 Å². The third kappa shape index (κ3) is 3.55. The number of benzene rings is 2. The first kappa shape index (κ1) is 19.4. The molecule has 0 bridgehead atoms. The average Bonchev–Trinajstić information content (AvgIpc) is 2.88. The Kier molecular flexibility index (Phi) is 4.69. The Morgan fingerprint density at radius 3 is 2.48 bits per heavy atom. The highest BCUT2D eigenvalue weighted by Gasteiger charge is 2.15. The number of ether oxygens (including phenoxy) is 2. The van der Waals surface area contributed by atoms with Gasteiger partial charge in [-0.15, -0.1) is 0 Å². The summed E-state index contributed by atoms with van der Waals surface area (Å²) in [6.45, 7) is 1.08. The summed E-state index contributed by atoms with van der Waals surface area (Å²) in [4.78, 5) is 13.5. The van der Waals surface area contributed by atoms with E-state index in [0.29, 0.717) is 30.1 Å². The Balaban J connectivity index is 1.51. The van der Waals surface area contributed by atoms with Gasteiger partial charge >= 0.3 is 0 Å². The van der Waals surface area contributed by atoms with E-state index >= 15 is 0 Å². The minimum absolute atomic E-state index is 0.325. The summed E-state index contributed by atoms with van der Waals surface area (Å²) in [6, 6.07) is 20.3. The molecule has 6 rings (SSSR count). The molecule has 0 atom stereocenters. The zero-order valence-electron chi connectivity index (χ0n) is 17.5. The van der Waals surface area contributed by atoms with Crippen LogP contribution in [-0.2, 0) is 0 Å². The quantitative estimate of drug-likeness (QED) is 0.351. The van der Waals surface area contributed by atoms with Crippen LogP contribution in [0.5, 0.6) is 11.5 Å². The van der Waals surface area contributed by atoms with Crippen molar-refractivity contribution in [2.24, 2.45) is 0 Å². The van der Waals surface area contributed by atoms with Crippen molar-refractivity contribution in [3.8, 4) is 45.0 Å². The van der Waals surface area contributed by atoms with E-state index in [2.05, 4.69) is 21.0 Å². The summed E-state index contributed by atoms with van der Waals surface area (Å²) >= 11 is 0. The van der Waals surface area contributed by atoms with Gasteiger partial charge in [0.1, 0.15) is 19.0 Å². The van der Waals surface area contributed by atoms with Gasteiger partial charge in [-0.05, 0) is 59.7 Å². The topological polar surface area (TPSA) is 57.1 Å². The number of nitrogens with zero attached hydrogens (tertiary/aromatic N) is 3. The van der Waals surface area contributed by atoms with Crippen LogP contribution in [0.1, 0.15) is 0 Å². The van der Waals surface area contributed by atoms with Gasteiger partial charge in [0.05, 0.1) is 5.69 Å². The molecule has 0 saturated carbocycles. The Hall–Kier alpha value is -4.32. The fourth-order valence-electron chi connectivity index (χ4n) is 4.07. The van der Waals surface area contributed by atoms with Crippen LogP contribution in [0.2, 0.25) is 0 Å². The fourth-order valence-corrected chi connectivity index (χ4v) is 4.07. The number of aromatic nitrogens is 3. The minimum Gasteiger partial charge on any atom is -0.486 e. The van der Waals surface area contributed by atoms with Gasteiger partial charge in [-0.25, -0.2) is 14.4 Å². The molecule has 5 aromatic rings. The molecule has 0 unspecified atom stereocenters. The van der Waals surface area contributed by atoms with Gasteiger partial charge in [-0.2, -0.15) is 0 Å². The maximum atomic E-state index is 14.5. The third-order valence-electron chi connectivity index (χ3n) is 5.66. The van der Waals surface area contributed by atoms with Crippen LogP contribution in [0.3, 0.4) is 0 Å². The fraction of sp³-hybridized carbons (Fsp3) is 0.0741. The highest BCUT2D eigenvalue weighted by molar-refractivity contribution is 5.95. The lowest BCUT2D eigenvalue weighted by atomic mass is 9.98. The molecule has 3 aromatic heterocycles. The molecule has 0 spiro atoms. The Morgan fingerprint density at radius 1 is 0.727 bits per heavy atom. The first-order valence-electron chi connectivity index (χ1n) is 10.6. The van der Waals surface area contributed by atoms with Crippen molar-refractivity contribution < 1.29 is 13.9 Å². The van der Waals surface area contributed by atoms with Crippen molar-refractivity contribution in [1.29, 1.82) is 0 Å². The molecule has 0 saturated heterocycles. The zero-order chi connectivity index (χ0) is 22.2. The third-order valence-corrected chi connectivity index (χ3v) is 5.66. The molecular weight excluding hydrogens is 417 g/mol. The van der Waals surface area contributed by atoms with Crippen LogP contribution in [-0.4, -0.2) is 28.2 Å². The van der Waals surface area contributed by atoms with E-state index in [-0.39, 0.29) is 5.82 Å². The number of halogens is 1. The van der Waals surface area contributed by atoms with Gasteiger partial charge in [0.25, 0.3) is 0 Å². The lowest BCUT2D eigenvalue weighted by Gasteiger charge is -2.19. The smallest absolute Gasteiger partial charge is 0.161 e. The van der Waals surface area contributed by atoms with Gasteiger partial charge < -0.3 is 9.47 Å². The average molecular weight is 435 g/mol. The van der Waals surface area contributed by atoms with Crippen LogP contribution < -0.4 is 9.47 Å². The van der Waals surface area contributed by atoms with Gasteiger partial charge in [0.15, 0.2) is 17.1 Å². The van der Waals surface area contributed by atoms with E-state index < -0.39 is 0 Å². The van der Waals surface area contributed by atoms with Gasteiger partial charge in [-0.3, -0.25) is 4.98 Å². The van der Waals surface area contributed by atoms with Crippen molar-refractivity contribution in [3.05, 3.63) is 91.1 Å². The SMILES string of the molecule is Fc1ccccc1-c1cc(-c2cncc(-c3ccc4c(c3)OCCO4)c2)c2cccnc2n1. The highest BCUT2D eigenvalue weighted by Crippen LogP contribution is 2.37. The first-order chi connectivity index (χ1) is 16.3. The Labute approximate surface area is 189 Å². The second kappa shape index (κ2) is 7.98. The van der Waals surface area contributed by atoms with Crippen molar-refractivity contribution in [1.82, 2.24) is 15.0 Å². The summed E-state index contributed by atoms with van der Waals surface area (Å²) in [5.41, 5.74) is 5.20. The van der Waals surface area contributed by atoms with Crippen LogP contribution in [0.15, 0.2) is 85.3 Å².